The van der Waals surface area contributed by atoms with E-state index in [1.54, 1.807) is 30.5 Å². The molecule has 0 radical (unpaired) electrons. The van der Waals surface area contributed by atoms with E-state index in [1.165, 1.54) is 12.1 Å². The van der Waals surface area contributed by atoms with Crippen LogP contribution in [0.4, 0.5) is 10.2 Å². The lowest BCUT2D eigenvalue weighted by atomic mass is 10.1. The van der Waals surface area contributed by atoms with Crippen LogP contribution in [0.3, 0.4) is 0 Å². The first-order valence-electron chi connectivity index (χ1n) is 8.15. The van der Waals surface area contributed by atoms with Gasteiger partial charge in [0.25, 0.3) is 5.91 Å². The number of amides is 1. The van der Waals surface area contributed by atoms with Crippen LogP contribution < -0.4 is 5.32 Å². The summed E-state index contributed by atoms with van der Waals surface area (Å²) in [4.78, 5) is 21.3. The van der Waals surface area contributed by atoms with Gasteiger partial charge in [0.2, 0.25) is 0 Å². The van der Waals surface area contributed by atoms with E-state index in [2.05, 4.69) is 15.3 Å². The zero-order valence-electron chi connectivity index (χ0n) is 13.9. The minimum Gasteiger partial charge on any atom is -0.305 e. The summed E-state index contributed by atoms with van der Waals surface area (Å²) in [7, 11) is 0. The highest BCUT2D eigenvalue weighted by atomic mass is 19.1. The lowest BCUT2D eigenvalue weighted by Gasteiger charge is -2.11. The van der Waals surface area contributed by atoms with Gasteiger partial charge in [-0.25, -0.2) is 14.4 Å². The summed E-state index contributed by atoms with van der Waals surface area (Å²) in [5, 5.41) is 2.83. The Kier molecular flexibility index (Phi) is 5.14. The first kappa shape index (κ1) is 16.8. The number of halogens is 1. The first-order chi connectivity index (χ1) is 12.2. The number of aromatic nitrogens is 2. The normalized spacial score (nSPS) is 10.5. The van der Waals surface area contributed by atoms with Gasteiger partial charge < -0.3 is 5.32 Å². The van der Waals surface area contributed by atoms with Crippen molar-refractivity contribution in [1.82, 2.24) is 9.97 Å². The van der Waals surface area contributed by atoms with Crippen LogP contribution >= 0.6 is 0 Å². The van der Waals surface area contributed by atoms with Crippen LogP contribution in [0.15, 0.2) is 60.8 Å². The maximum Gasteiger partial charge on any atom is 0.256 e. The van der Waals surface area contributed by atoms with Crippen molar-refractivity contribution in [3.63, 3.8) is 0 Å². The molecule has 4 nitrogen and oxygen atoms in total. The van der Waals surface area contributed by atoms with Crippen molar-refractivity contribution < 1.29 is 9.18 Å². The maximum absolute atomic E-state index is 13.1. The summed E-state index contributed by atoms with van der Waals surface area (Å²) >= 11 is 0. The van der Waals surface area contributed by atoms with E-state index in [-0.39, 0.29) is 11.7 Å². The Morgan fingerprint density at radius 3 is 2.48 bits per heavy atom. The fraction of sp³-hybridized carbons (Fsp3) is 0.150. The SMILES string of the molecule is CCCc1nc(-c2ccc(F)cc2)cnc1NC(=O)c1ccccc1. The molecule has 1 N–H and O–H groups in total. The Balaban J connectivity index is 1.89. The monoisotopic (exact) mass is 335 g/mol. The quantitative estimate of drug-likeness (QED) is 0.747. The third-order valence-electron chi connectivity index (χ3n) is 3.74. The molecule has 0 unspecified atom stereocenters. The van der Waals surface area contributed by atoms with E-state index in [9.17, 15) is 9.18 Å². The molecule has 126 valence electrons. The maximum atomic E-state index is 13.1. The third-order valence-corrected chi connectivity index (χ3v) is 3.74. The van der Waals surface area contributed by atoms with E-state index < -0.39 is 0 Å². The van der Waals surface area contributed by atoms with E-state index in [0.717, 1.165) is 12.0 Å². The van der Waals surface area contributed by atoms with Crippen LogP contribution in [0.5, 0.6) is 0 Å². The van der Waals surface area contributed by atoms with Gasteiger partial charge >= 0.3 is 0 Å². The molecule has 3 aromatic rings. The molecule has 1 amide bonds. The van der Waals surface area contributed by atoms with Gasteiger partial charge in [0.05, 0.1) is 17.6 Å². The summed E-state index contributed by atoms with van der Waals surface area (Å²) in [6, 6.07) is 15.1. The van der Waals surface area contributed by atoms with E-state index in [1.807, 2.05) is 25.1 Å². The second-order valence-corrected chi connectivity index (χ2v) is 5.63. The lowest BCUT2D eigenvalue weighted by Crippen LogP contribution is -2.15. The van der Waals surface area contributed by atoms with Gasteiger partial charge in [0, 0.05) is 11.1 Å². The smallest absolute Gasteiger partial charge is 0.256 e. The number of anilines is 1. The van der Waals surface area contributed by atoms with Crippen molar-refractivity contribution in [1.29, 1.82) is 0 Å². The fourth-order valence-electron chi connectivity index (χ4n) is 2.47. The minimum atomic E-state index is -0.294. The van der Waals surface area contributed by atoms with Crippen molar-refractivity contribution in [2.45, 2.75) is 19.8 Å². The summed E-state index contributed by atoms with van der Waals surface area (Å²) in [5.41, 5.74) is 2.72. The molecule has 0 saturated heterocycles. The lowest BCUT2D eigenvalue weighted by molar-refractivity contribution is 0.102. The van der Waals surface area contributed by atoms with Gasteiger partial charge in [0.1, 0.15) is 5.82 Å². The van der Waals surface area contributed by atoms with Crippen LogP contribution in [0.25, 0.3) is 11.3 Å². The highest BCUT2D eigenvalue weighted by Gasteiger charge is 2.12. The van der Waals surface area contributed by atoms with Crippen molar-refractivity contribution in [3.05, 3.63) is 77.9 Å². The topological polar surface area (TPSA) is 54.9 Å². The first-order valence-corrected chi connectivity index (χ1v) is 8.15. The Bertz CT molecular complexity index is 864. The zero-order chi connectivity index (χ0) is 17.6. The third kappa shape index (κ3) is 4.07. The molecule has 0 fully saturated rings. The second kappa shape index (κ2) is 7.66. The summed E-state index contributed by atoms with van der Waals surface area (Å²) in [6.07, 6.45) is 3.15. The summed E-state index contributed by atoms with van der Waals surface area (Å²) < 4.78 is 13.1. The molecule has 0 aliphatic heterocycles. The molecule has 0 aliphatic rings. The molecular formula is C20H18FN3O. The second-order valence-electron chi connectivity index (χ2n) is 5.63. The van der Waals surface area contributed by atoms with Gasteiger partial charge in [0.15, 0.2) is 5.82 Å². The number of benzene rings is 2. The molecule has 0 aliphatic carbocycles. The molecule has 0 spiro atoms. The van der Waals surface area contributed by atoms with Gasteiger partial charge in [-0.3, -0.25) is 4.79 Å². The molecule has 0 atom stereocenters. The van der Waals surface area contributed by atoms with E-state index in [0.29, 0.717) is 29.2 Å². The number of hydrogen-bond donors (Lipinski definition) is 1. The summed E-state index contributed by atoms with van der Waals surface area (Å²) in [5.74, 6) is -0.0550. The number of hydrogen-bond acceptors (Lipinski definition) is 3. The predicted molar refractivity (Wildman–Crippen MR) is 95.8 cm³/mol. The van der Waals surface area contributed by atoms with Crippen molar-refractivity contribution in [2.24, 2.45) is 0 Å². The van der Waals surface area contributed by atoms with E-state index in [4.69, 9.17) is 0 Å². The van der Waals surface area contributed by atoms with Gasteiger partial charge in [-0.1, -0.05) is 31.5 Å². The number of aryl methyl sites for hydroxylation is 1. The molecule has 1 heterocycles. The van der Waals surface area contributed by atoms with Crippen LogP contribution in [0, 0.1) is 5.82 Å². The highest BCUT2D eigenvalue weighted by Crippen LogP contribution is 2.21. The van der Waals surface area contributed by atoms with Crippen molar-refractivity contribution in [2.75, 3.05) is 5.32 Å². The average molecular weight is 335 g/mol. The minimum absolute atomic E-state index is 0.221. The van der Waals surface area contributed by atoms with Crippen molar-refractivity contribution >= 4 is 11.7 Å². The number of carbonyl (C=O) groups excluding carboxylic acids is 1. The molecule has 1 aromatic heterocycles. The molecule has 5 heteroatoms. The predicted octanol–water partition coefficient (Wildman–Crippen LogP) is 4.49. The number of nitrogens with one attached hydrogen (secondary N) is 1. The van der Waals surface area contributed by atoms with Crippen LogP contribution in [-0.4, -0.2) is 15.9 Å². The molecule has 0 saturated carbocycles. The van der Waals surface area contributed by atoms with Crippen LogP contribution in [0.2, 0.25) is 0 Å². The number of rotatable bonds is 5. The molecular weight excluding hydrogens is 317 g/mol. The van der Waals surface area contributed by atoms with Gasteiger partial charge in [-0.15, -0.1) is 0 Å². The largest absolute Gasteiger partial charge is 0.305 e. The summed E-state index contributed by atoms with van der Waals surface area (Å²) in [6.45, 7) is 2.04. The van der Waals surface area contributed by atoms with Gasteiger partial charge in [-0.2, -0.15) is 0 Å². The molecule has 0 bridgehead atoms. The average Bonchev–Trinajstić information content (AvgIpc) is 2.65. The molecule has 25 heavy (non-hydrogen) atoms. The van der Waals surface area contributed by atoms with Gasteiger partial charge in [-0.05, 0) is 42.8 Å². The fourth-order valence-corrected chi connectivity index (χ4v) is 2.47. The van der Waals surface area contributed by atoms with Crippen LogP contribution in [0.1, 0.15) is 29.4 Å². The Morgan fingerprint density at radius 2 is 1.80 bits per heavy atom. The van der Waals surface area contributed by atoms with Crippen LogP contribution in [-0.2, 0) is 6.42 Å². The van der Waals surface area contributed by atoms with Crippen molar-refractivity contribution in [3.8, 4) is 11.3 Å². The Labute approximate surface area is 145 Å². The Hall–Kier alpha value is -3.08. The molecule has 3 rings (SSSR count). The van der Waals surface area contributed by atoms with E-state index >= 15 is 0 Å². The zero-order valence-corrected chi connectivity index (χ0v) is 13.9. The standard InChI is InChI=1S/C20H18FN3O/c1-2-6-17-19(24-20(25)15-7-4-3-5-8-15)22-13-18(23-17)14-9-11-16(21)12-10-14/h3-5,7-13H,2,6H2,1H3,(H,22,24,25). The number of nitrogens with zero attached hydrogens (tertiary/aromatic N) is 2. The molecule has 2 aromatic carbocycles. The number of carbonyl (C=O) groups is 1. The Morgan fingerprint density at radius 1 is 1.08 bits per heavy atom. The highest BCUT2D eigenvalue weighted by molar-refractivity contribution is 6.04.